The predicted octanol–water partition coefficient (Wildman–Crippen LogP) is 1.66. The molecular formula is C19H37N5O. The lowest BCUT2D eigenvalue weighted by Crippen LogP contribution is -2.47. The number of hydrogen-bond acceptors (Lipinski definition) is 3. The molecule has 2 saturated heterocycles. The summed E-state index contributed by atoms with van der Waals surface area (Å²) in [5, 5.41) is 3.43. The first-order chi connectivity index (χ1) is 12.1. The third kappa shape index (κ3) is 7.22. The van der Waals surface area contributed by atoms with E-state index in [-0.39, 0.29) is 5.91 Å². The molecule has 2 heterocycles. The molecule has 0 aromatic carbocycles. The fraction of sp³-hybridized carbons (Fsp3) is 0.895. The molecule has 6 nitrogen and oxygen atoms in total. The first-order valence-corrected chi connectivity index (χ1v) is 10.1. The quantitative estimate of drug-likeness (QED) is 0.540. The minimum Gasteiger partial charge on any atom is -0.370 e. The highest BCUT2D eigenvalue weighted by Gasteiger charge is 2.23. The number of likely N-dealkylation sites (tertiary alicyclic amines) is 2. The van der Waals surface area contributed by atoms with E-state index < -0.39 is 0 Å². The van der Waals surface area contributed by atoms with Crippen molar-refractivity contribution in [2.75, 3.05) is 45.8 Å². The van der Waals surface area contributed by atoms with Crippen molar-refractivity contribution < 1.29 is 4.79 Å². The van der Waals surface area contributed by atoms with E-state index in [0.717, 1.165) is 51.5 Å². The summed E-state index contributed by atoms with van der Waals surface area (Å²) in [4.78, 5) is 21.0. The van der Waals surface area contributed by atoms with E-state index in [2.05, 4.69) is 29.0 Å². The normalized spacial score (nSPS) is 24.2. The van der Waals surface area contributed by atoms with E-state index in [1.54, 1.807) is 0 Å². The Morgan fingerprint density at radius 1 is 1.24 bits per heavy atom. The highest BCUT2D eigenvalue weighted by atomic mass is 16.1. The summed E-state index contributed by atoms with van der Waals surface area (Å²) in [7, 11) is 0. The zero-order valence-electron chi connectivity index (χ0n) is 16.2. The Hall–Kier alpha value is -1.30. The van der Waals surface area contributed by atoms with Gasteiger partial charge >= 0.3 is 0 Å². The van der Waals surface area contributed by atoms with Gasteiger partial charge in [-0.3, -0.25) is 9.79 Å². The molecule has 0 spiro atoms. The number of primary amides is 1. The second-order valence-electron chi connectivity index (χ2n) is 7.79. The van der Waals surface area contributed by atoms with Crippen LogP contribution in [-0.4, -0.2) is 67.5 Å². The van der Waals surface area contributed by atoms with Crippen LogP contribution in [-0.2, 0) is 4.79 Å². The zero-order valence-corrected chi connectivity index (χ0v) is 16.2. The molecule has 0 saturated carbocycles. The average Bonchev–Trinajstić information content (AvgIpc) is 2.59. The first kappa shape index (κ1) is 20.0. The number of piperidine rings is 2. The van der Waals surface area contributed by atoms with Crippen molar-refractivity contribution in [2.24, 2.45) is 22.6 Å². The number of amides is 1. The lowest BCUT2D eigenvalue weighted by atomic mass is 9.95. The molecular weight excluding hydrogens is 314 g/mol. The van der Waals surface area contributed by atoms with Crippen molar-refractivity contribution in [3.63, 3.8) is 0 Å². The topological polar surface area (TPSA) is 74.0 Å². The minimum atomic E-state index is -0.191. The molecule has 25 heavy (non-hydrogen) atoms. The summed E-state index contributed by atoms with van der Waals surface area (Å²) < 4.78 is 0. The van der Waals surface area contributed by atoms with Crippen molar-refractivity contribution >= 4 is 11.9 Å². The Bertz CT molecular complexity index is 434. The number of nitrogens with one attached hydrogen (secondary N) is 1. The maximum atomic E-state index is 11.2. The molecule has 0 aromatic heterocycles. The number of nitrogens with two attached hydrogens (primary N) is 1. The van der Waals surface area contributed by atoms with Crippen LogP contribution in [0.5, 0.6) is 0 Å². The number of aliphatic imine (C=N–C) groups is 1. The molecule has 2 unspecified atom stereocenters. The van der Waals surface area contributed by atoms with Gasteiger partial charge in [0, 0.05) is 39.1 Å². The van der Waals surface area contributed by atoms with Crippen molar-refractivity contribution in [3.8, 4) is 0 Å². The molecule has 144 valence electrons. The van der Waals surface area contributed by atoms with E-state index in [1.807, 2.05) is 0 Å². The molecule has 2 fully saturated rings. The SMILES string of the molecule is CCNC(=NCC(C)CN1CCCCC1)N1CCCC(CC(N)=O)C1. The van der Waals surface area contributed by atoms with Crippen LogP contribution in [0.4, 0.5) is 0 Å². The van der Waals surface area contributed by atoms with Gasteiger partial charge in [0.25, 0.3) is 0 Å². The van der Waals surface area contributed by atoms with Crippen molar-refractivity contribution in [3.05, 3.63) is 0 Å². The van der Waals surface area contributed by atoms with E-state index in [9.17, 15) is 4.79 Å². The number of nitrogens with zero attached hydrogens (tertiary/aromatic N) is 3. The van der Waals surface area contributed by atoms with Crippen LogP contribution < -0.4 is 11.1 Å². The van der Waals surface area contributed by atoms with Gasteiger partial charge in [-0.25, -0.2) is 0 Å². The van der Waals surface area contributed by atoms with Gasteiger partial charge < -0.3 is 20.9 Å². The van der Waals surface area contributed by atoms with Crippen molar-refractivity contribution in [1.29, 1.82) is 0 Å². The van der Waals surface area contributed by atoms with E-state index in [1.165, 1.54) is 32.4 Å². The summed E-state index contributed by atoms with van der Waals surface area (Å²) in [6, 6.07) is 0. The highest BCUT2D eigenvalue weighted by molar-refractivity contribution is 5.80. The van der Waals surface area contributed by atoms with Gasteiger partial charge in [0.15, 0.2) is 5.96 Å². The van der Waals surface area contributed by atoms with E-state index >= 15 is 0 Å². The Balaban J connectivity index is 1.86. The Kier molecular flexibility index (Phi) is 8.52. The number of rotatable bonds is 7. The number of carbonyl (C=O) groups excluding carboxylic acids is 1. The summed E-state index contributed by atoms with van der Waals surface area (Å²) in [6.45, 7) is 11.7. The largest absolute Gasteiger partial charge is 0.370 e. The maximum absolute atomic E-state index is 11.2. The average molecular weight is 352 g/mol. The molecule has 0 bridgehead atoms. The number of guanidine groups is 1. The highest BCUT2D eigenvalue weighted by Crippen LogP contribution is 2.19. The van der Waals surface area contributed by atoms with Gasteiger partial charge in [-0.2, -0.15) is 0 Å². The summed E-state index contributed by atoms with van der Waals surface area (Å²) >= 11 is 0. The fourth-order valence-electron chi connectivity index (χ4n) is 4.02. The molecule has 3 N–H and O–H groups in total. The van der Waals surface area contributed by atoms with Crippen LogP contribution in [0.3, 0.4) is 0 Å². The van der Waals surface area contributed by atoms with Crippen molar-refractivity contribution in [1.82, 2.24) is 15.1 Å². The summed E-state index contributed by atoms with van der Waals surface area (Å²) in [6.07, 6.45) is 6.74. The Morgan fingerprint density at radius 2 is 2.00 bits per heavy atom. The zero-order chi connectivity index (χ0) is 18.1. The van der Waals surface area contributed by atoms with Crippen LogP contribution in [0.15, 0.2) is 4.99 Å². The Morgan fingerprint density at radius 3 is 2.68 bits per heavy atom. The van der Waals surface area contributed by atoms with E-state index in [0.29, 0.717) is 18.3 Å². The van der Waals surface area contributed by atoms with Crippen LogP contribution in [0.25, 0.3) is 0 Å². The molecule has 0 aromatic rings. The van der Waals surface area contributed by atoms with Crippen LogP contribution in [0.2, 0.25) is 0 Å². The third-order valence-corrected chi connectivity index (χ3v) is 5.21. The first-order valence-electron chi connectivity index (χ1n) is 10.1. The second kappa shape index (κ2) is 10.6. The molecule has 2 aliphatic heterocycles. The lowest BCUT2D eigenvalue weighted by Gasteiger charge is -2.35. The summed E-state index contributed by atoms with van der Waals surface area (Å²) in [5.41, 5.74) is 5.38. The smallest absolute Gasteiger partial charge is 0.217 e. The van der Waals surface area contributed by atoms with Gasteiger partial charge in [0.1, 0.15) is 0 Å². The number of hydrogen-bond donors (Lipinski definition) is 2. The fourth-order valence-corrected chi connectivity index (χ4v) is 4.02. The molecule has 6 heteroatoms. The standard InChI is InChI=1S/C19H37N5O/c1-3-21-19(24-11-7-8-17(15-24)12-18(20)25)22-13-16(2)14-23-9-5-4-6-10-23/h16-17H,3-15H2,1-2H3,(H2,20,25)(H,21,22). The predicted molar refractivity (Wildman–Crippen MR) is 104 cm³/mol. The molecule has 0 radical (unpaired) electrons. The van der Waals surface area contributed by atoms with Crippen LogP contribution in [0, 0.1) is 11.8 Å². The Labute approximate surface area is 153 Å². The van der Waals surface area contributed by atoms with Crippen LogP contribution in [0.1, 0.15) is 52.4 Å². The van der Waals surface area contributed by atoms with Gasteiger partial charge in [0.05, 0.1) is 0 Å². The molecule has 2 rings (SSSR count). The second-order valence-corrected chi connectivity index (χ2v) is 7.79. The van der Waals surface area contributed by atoms with Crippen LogP contribution >= 0.6 is 0 Å². The molecule has 2 atom stereocenters. The van der Waals surface area contributed by atoms with E-state index in [4.69, 9.17) is 10.7 Å². The molecule has 1 amide bonds. The lowest BCUT2D eigenvalue weighted by molar-refractivity contribution is -0.119. The van der Waals surface area contributed by atoms with Gasteiger partial charge in [-0.15, -0.1) is 0 Å². The minimum absolute atomic E-state index is 0.191. The van der Waals surface area contributed by atoms with Gasteiger partial charge in [-0.05, 0) is 57.5 Å². The third-order valence-electron chi connectivity index (χ3n) is 5.21. The monoisotopic (exact) mass is 351 g/mol. The van der Waals surface area contributed by atoms with Gasteiger partial charge in [0.2, 0.25) is 5.91 Å². The van der Waals surface area contributed by atoms with Gasteiger partial charge in [-0.1, -0.05) is 13.3 Å². The number of carbonyl (C=O) groups is 1. The molecule has 2 aliphatic rings. The molecule has 0 aliphatic carbocycles. The maximum Gasteiger partial charge on any atom is 0.217 e. The van der Waals surface area contributed by atoms with Crippen molar-refractivity contribution in [2.45, 2.75) is 52.4 Å². The summed E-state index contributed by atoms with van der Waals surface area (Å²) in [5.74, 6) is 1.74.